The lowest BCUT2D eigenvalue weighted by atomic mass is 10.0. The lowest BCUT2D eigenvalue weighted by Crippen LogP contribution is -2.42. The summed E-state index contributed by atoms with van der Waals surface area (Å²) in [5.41, 5.74) is -0.619. The molecule has 0 saturated carbocycles. The molecule has 34 heavy (non-hydrogen) atoms. The summed E-state index contributed by atoms with van der Waals surface area (Å²) in [4.78, 5) is 44.7. The average molecular weight is 461 g/mol. The summed E-state index contributed by atoms with van der Waals surface area (Å²) in [6.45, 7) is 3.81. The maximum Gasteiger partial charge on any atom is 0.328 e. The second kappa shape index (κ2) is 10.1. The summed E-state index contributed by atoms with van der Waals surface area (Å²) in [5.74, 6) is 0.413. The Morgan fingerprint density at radius 3 is 2.50 bits per heavy atom. The molecule has 4 aromatic rings. The number of nitrogens with one attached hydrogen (secondary N) is 1. The fourth-order valence-electron chi connectivity index (χ4n) is 3.50. The van der Waals surface area contributed by atoms with Gasteiger partial charge in [0.15, 0.2) is 5.75 Å². The topological polar surface area (TPSA) is 117 Å². The maximum absolute atomic E-state index is 12.5. The largest absolute Gasteiger partial charge is 0.488 e. The first-order chi connectivity index (χ1) is 16.5. The van der Waals surface area contributed by atoms with Crippen LogP contribution in [0.25, 0.3) is 10.8 Å². The van der Waals surface area contributed by atoms with E-state index in [1.165, 1.54) is 0 Å². The van der Waals surface area contributed by atoms with Crippen LogP contribution in [-0.2, 0) is 16.0 Å². The molecular formula is C25H23N3O6. The number of fused-ring (bicyclic) bond motifs is 1. The van der Waals surface area contributed by atoms with Crippen molar-refractivity contribution in [3.8, 4) is 17.4 Å². The third kappa shape index (κ3) is 4.73. The molecule has 4 rings (SSSR count). The van der Waals surface area contributed by atoms with Crippen molar-refractivity contribution in [2.24, 2.45) is 0 Å². The van der Waals surface area contributed by atoms with Crippen LogP contribution in [0.2, 0.25) is 0 Å². The molecule has 0 fully saturated rings. The SMILES string of the molecule is CCOC(=O)[C@H](Cc1ccc(Oc2nccc3ccncc23)cc1)Nc1c(OCC)c(=O)c1=O. The molecular weight excluding hydrogens is 438 g/mol. The number of hydrogen-bond acceptors (Lipinski definition) is 9. The Balaban J connectivity index is 1.51. The van der Waals surface area contributed by atoms with Crippen LogP contribution in [0.1, 0.15) is 19.4 Å². The highest BCUT2D eigenvalue weighted by molar-refractivity contribution is 5.85. The van der Waals surface area contributed by atoms with Crippen LogP contribution in [-0.4, -0.2) is 35.2 Å². The molecule has 0 bridgehead atoms. The number of nitrogens with zero attached hydrogens (tertiary/aromatic N) is 2. The molecule has 2 aromatic carbocycles. The van der Waals surface area contributed by atoms with Gasteiger partial charge in [-0.1, -0.05) is 12.1 Å². The summed E-state index contributed by atoms with van der Waals surface area (Å²) in [7, 11) is 0. The normalized spacial score (nSPS) is 11.8. The standard InChI is InChI=1S/C25H23N3O6/c1-3-32-23-20(21(29)22(23)30)28-19(25(31)33-4-2)13-15-5-7-17(8-6-15)34-24-18-14-26-11-9-16(18)10-12-27-24/h5-12,14,19,28H,3-4,13H2,1-2H3/t19-/m0/s1. The number of carbonyl (C=O) groups excluding carboxylic acids is 1. The fraction of sp³-hybridized carbons (Fsp3) is 0.240. The van der Waals surface area contributed by atoms with Gasteiger partial charge in [0.1, 0.15) is 17.5 Å². The van der Waals surface area contributed by atoms with Gasteiger partial charge in [-0.25, -0.2) is 9.78 Å². The number of hydrogen-bond donors (Lipinski definition) is 1. The summed E-state index contributed by atoms with van der Waals surface area (Å²) in [6, 6.07) is 10.0. The molecule has 9 heteroatoms. The smallest absolute Gasteiger partial charge is 0.328 e. The van der Waals surface area contributed by atoms with Crippen molar-refractivity contribution in [1.29, 1.82) is 0 Å². The predicted molar refractivity (Wildman–Crippen MR) is 126 cm³/mol. The van der Waals surface area contributed by atoms with Crippen LogP contribution >= 0.6 is 0 Å². The first kappa shape index (κ1) is 22.9. The van der Waals surface area contributed by atoms with Crippen molar-refractivity contribution in [1.82, 2.24) is 9.97 Å². The van der Waals surface area contributed by atoms with E-state index >= 15 is 0 Å². The first-order valence-electron chi connectivity index (χ1n) is 10.9. The molecule has 1 N–H and O–H groups in total. The molecule has 9 nitrogen and oxygen atoms in total. The maximum atomic E-state index is 12.5. The lowest BCUT2D eigenvalue weighted by Gasteiger charge is -2.21. The highest BCUT2D eigenvalue weighted by atomic mass is 16.5. The summed E-state index contributed by atoms with van der Waals surface area (Å²) in [6.07, 6.45) is 5.29. The van der Waals surface area contributed by atoms with Gasteiger partial charge in [-0.15, -0.1) is 0 Å². The molecule has 0 aliphatic carbocycles. The van der Waals surface area contributed by atoms with Crippen LogP contribution in [0.4, 0.5) is 5.69 Å². The van der Waals surface area contributed by atoms with E-state index in [0.717, 1.165) is 16.3 Å². The molecule has 2 aromatic heterocycles. The van der Waals surface area contributed by atoms with E-state index in [4.69, 9.17) is 14.2 Å². The number of aromatic nitrogens is 2. The van der Waals surface area contributed by atoms with Crippen LogP contribution in [0.15, 0.2) is 64.6 Å². The highest BCUT2D eigenvalue weighted by Crippen LogP contribution is 2.27. The Morgan fingerprint density at radius 1 is 1.00 bits per heavy atom. The molecule has 0 unspecified atom stereocenters. The highest BCUT2D eigenvalue weighted by Gasteiger charge is 2.28. The van der Waals surface area contributed by atoms with E-state index in [9.17, 15) is 14.4 Å². The Bertz CT molecular complexity index is 1370. The third-order valence-corrected chi connectivity index (χ3v) is 5.15. The minimum absolute atomic E-state index is 0.000459. The van der Waals surface area contributed by atoms with E-state index in [-0.39, 0.29) is 31.1 Å². The summed E-state index contributed by atoms with van der Waals surface area (Å²) >= 11 is 0. The Kier molecular flexibility index (Phi) is 6.82. The zero-order chi connectivity index (χ0) is 24.1. The molecule has 0 spiro atoms. The second-order valence-electron chi connectivity index (χ2n) is 7.41. The monoisotopic (exact) mass is 461 g/mol. The molecule has 2 heterocycles. The van der Waals surface area contributed by atoms with E-state index in [1.807, 2.05) is 12.1 Å². The molecule has 0 amide bonds. The van der Waals surface area contributed by atoms with Crippen molar-refractivity contribution in [3.05, 3.63) is 81.0 Å². The number of carbonyl (C=O) groups is 1. The van der Waals surface area contributed by atoms with Crippen molar-refractivity contribution >= 4 is 22.4 Å². The second-order valence-corrected chi connectivity index (χ2v) is 7.41. The summed E-state index contributed by atoms with van der Waals surface area (Å²) in [5, 5.41) is 4.59. The lowest BCUT2D eigenvalue weighted by molar-refractivity contribution is -0.144. The number of benzene rings is 1. The Hall–Kier alpha value is -4.27. The van der Waals surface area contributed by atoms with E-state index in [2.05, 4.69) is 15.3 Å². The summed E-state index contributed by atoms with van der Waals surface area (Å²) < 4.78 is 16.3. The van der Waals surface area contributed by atoms with Crippen molar-refractivity contribution in [2.45, 2.75) is 26.3 Å². The van der Waals surface area contributed by atoms with Gasteiger partial charge in [0.05, 0.1) is 18.6 Å². The van der Waals surface area contributed by atoms with Crippen LogP contribution in [0, 0.1) is 0 Å². The van der Waals surface area contributed by atoms with Gasteiger partial charge < -0.3 is 19.5 Å². The van der Waals surface area contributed by atoms with E-state index in [0.29, 0.717) is 11.6 Å². The fourth-order valence-corrected chi connectivity index (χ4v) is 3.50. The molecule has 0 aliphatic heterocycles. The van der Waals surface area contributed by atoms with E-state index in [1.54, 1.807) is 56.7 Å². The number of anilines is 1. The van der Waals surface area contributed by atoms with Crippen molar-refractivity contribution in [2.75, 3.05) is 18.5 Å². The van der Waals surface area contributed by atoms with Gasteiger partial charge >= 0.3 is 5.97 Å². The first-order valence-corrected chi connectivity index (χ1v) is 10.9. The van der Waals surface area contributed by atoms with E-state index < -0.39 is 22.9 Å². The zero-order valence-electron chi connectivity index (χ0n) is 18.7. The minimum atomic E-state index is -0.875. The number of esters is 1. The molecule has 0 saturated heterocycles. The number of ether oxygens (including phenoxy) is 3. The van der Waals surface area contributed by atoms with Gasteiger partial charge in [-0.2, -0.15) is 0 Å². The molecule has 0 radical (unpaired) electrons. The van der Waals surface area contributed by atoms with Gasteiger partial charge in [0.2, 0.25) is 5.88 Å². The third-order valence-electron chi connectivity index (χ3n) is 5.15. The number of pyridine rings is 2. The number of rotatable bonds is 10. The van der Waals surface area contributed by atoms with Crippen LogP contribution < -0.4 is 25.6 Å². The van der Waals surface area contributed by atoms with Gasteiger partial charge in [-0.3, -0.25) is 14.6 Å². The minimum Gasteiger partial charge on any atom is -0.488 e. The zero-order valence-corrected chi connectivity index (χ0v) is 18.7. The van der Waals surface area contributed by atoms with Crippen molar-refractivity contribution in [3.63, 3.8) is 0 Å². The van der Waals surface area contributed by atoms with Gasteiger partial charge in [0, 0.05) is 25.0 Å². The van der Waals surface area contributed by atoms with Crippen molar-refractivity contribution < 1.29 is 19.0 Å². The molecule has 174 valence electrons. The molecule has 1 atom stereocenters. The van der Waals surface area contributed by atoms with Crippen LogP contribution in [0.5, 0.6) is 17.4 Å². The predicted octanol–water partition coefficient (Wildman–Crippen LogP) is 3.00. The average Bonchev–Trinajstić information content (AvgIpc) is 2.86. The Labute approximate surface area is 195 Å². The van der Waals surface area contributed by atoms with Crippen LogP contribution in [0.3, 0.4) is 0 Å². The van der Waals surface area contributed by atoms with Gasteiger partial charge in [-0.05, 0) is 49.1 Å². The van der Waals surface area contributed by atoms with Gasteiger partial charge in [0.25, 0.3) is 10.9 Å². The molecule has 0 aliphatic rings. The Morgan fingerprint density at radius 2 is 1.76 bits per heavy atom. The quantitative estimate of drug-likeness (QED) is 0.281.